The van der Waals surface area contributed by atoms with Gasteiger partial charge in [-0.1, -0.05) is 24.2 Å². The quantitative estimate of drug-likeness (QED) is 0.790. The van der Waals surface area contributed by atoms with Crippen LogP contribution in [-0.2, 0) is 0 Å². The van der Waals surface area contributed by atoms with Gasteiger partial charge in [0, 0.05) is 6.20 Å². The van der Waals surface area contributed by atoms with Crippen molar-refractivity contribution < 1.29 is 4.79 Å². The molecule has 15 heavy (non-hydrogen) atoms. The lowest BCUT2D eigenvalue weighted by atomic mass is 10.2. The molecule has 0 spiro atoms. The molecule has 0 bridgehead atoms. The van der Waals surface area contributed by atoms with Crippen LogP contribution < -0.4 is 0 Å². The number of aromatic amines is 1. The number of pyridine rings is 1. The molecule has 2 rings (SSSR count). The predicted molar refractivity (Wildman–Crippen MR) is 60.1 cm³/mol. The number of thiol groups is 1. The van der Waals surface area contributed by atoms with E-state index < -0.39 is 0 Å². The average molecular weight is 240 g/mol. The highest BCUT2D eigenvalue weighted by Gasteiger charge is 2.10. The number of aromatic nitrogens is 3. The van der Waals surface area contributed by atoms with Crippen LogP contribution in [0, 0.1) is 0 Å². The van der Waals surface area contributed by atoms with Crippen molar-refractivity contribution in [2.75, 3.05) is 0 Å². The predicted octanol–water partition coefficient (Wildman–Crippen LogP) is 2.20. The van der Waals surface area contributed by atoms with Crippen LogP contribution in [0.2, 0.25) is 5.02 Å². The second-order valence-corrected chi connectivity index (χ2v) is 3.62. The van der Waals surface area contributed by atoms with Crippen LogP contribution in [0.15, 0.2) is 24.4 Å². The van der Waals surface area contributed by atoms with E-state index in [1.165, 1.54) is 0 Å². The van der Waals surface area contributed by atoms with E-state index in [0.29, 0.717) is 22.1 Å². The monoisotopic (exact) mass is 239 g/mol. The normalized spacial score (nSPS) is 10.3. The lowest BCUT2D eigenvalue weighted by Gasteiger charge is -1.96. The van der Waals surface area contributed by atoms with Crippen molar-refractivity contribution >= 4 is 29.3 Å². The maximum absolute atomic E-state index is 10.9. The van der Waals surface area contributed by atoms with Gasteiger partial charge in [-0.2, -0.15) is 5.10 Å². The second kappa shape index (κ2) is 4.04. The lowest BCUT2D eigenvalue weighted by molar-refractivity contribution is 0.108. The largest absolute Gasteiger partial charge is 0.280 e. The Bertz CT molecular complexity index is 512. The van der Waals surface area contributed by atoms with Gasteiger partial charge in [0.15, 0.2) is 0 Å². The Balaban J connectivity index is 2.46. The number of rotatable bonds is 2. The van der Waals surface area contributed by atoms with Crippen molar-refractivity contribution in [3.63, 3.8) is 0 Å². The van der Waals surface area contributed by atoms with Gasteiger partial charge in [0.1, 0.15) is 17.1 Å². The molecule has 0 saturated carbocycles. The van der Waals surface area contributed by atoms with Crippen molar-refractivity contribution in [3.8, 4) is 11.4 Å². The van der Waals surface area contributed by atoms with E-state index in [9.17, 15) is 4.79 Å². The Morgan fingerprint density at radius 1 is 1.53 bits per heavy atom. The van der Waals surface area contributed by atoms with Crippen LogP contribution in [0.4, 0.5) is 0 Å². The Labute approximate surface area is 96.1 Å². The van der Waals surface area contributed by atoms with Crippen LogP contribution >= 0.6 is 24.2 Å². The summed E-state index contributed by atoms with van der Waals surface area (Å²) < 4.78 is 0. The first-order chi connectivity index (χ1) is 7.18. The number of nitrogens with zero attached hydrogens (tertiary/aromatic N) is 2. The smallest absolute Gasteiger partial charge is 0.234 e. The highest BCUT2D eigenvalue weighted by Crippen LogP contribution is 2.23. The van der Waals surface area contributed by atoms with E-state index in [4.69, 9.17) is 11.6 Å². The van der Waals surface area contributed by atoms with Gasteiger partial charge in [-0.05, 0) is 18.2 Å². The van der Waals surface area contributed by atoms with Crippen molar-refractivity contribution in [3.05, 3.63) is 35.1 Å². The molecular weight excluding hydrogens is 234 g/mol. The SMILES string of the molecule is O=C(S)c1cc(-c2ncccc2Cl)n[nH]1. The molecule has 0 saturated heterocycles. The van der Waals surface area contributed by atoms with Crippen LogP contribution in [0.1, 0.15) is 10.5 Å². The first-order valence-corrected chi connectivity index (χ1v) is 4.90. The summed E-state index contributed by atoms with van der Waals surface area (Å²) in [5.74, 6) is 0. The summed E-state index contributed by atoms with van der Waals surface area (Å²) in [5, 5.41) is 6.60. The Morgan fingerprint density at radius 2 is 2.33 bits per heavy atom. The summed E-state index contributed by atoms with van der Waals surface area (Å²) >= 11 is 9.60. The summed E-state index contributed by atoms with van der Waals surface area (Å²) in [7, 11) is 0. The van der Waals surface area contributed by atoms with Crippen molar-refractivity contribution in [1.29, 1.82) is 0 Å². The van der Waals surface area contributed by atoms with Gasteiger partial charge in [-0.25, -0.2) is 0 Å². The first kappa shape index (κ1) is 10.2. The number of hydrogen-bond donors (Lipinski definition) is 2. The minimum atomic E-state index is -0.374. The number of nitrogens with one attached hydrogen (secondary N) is 1. The molecule has 0 unspecified atom stereocenters. The van der Waals surface area contributed by atoms with Crippen LogP contribution in [-0.4, -0.2) is 20.3 Å². The third-order valence-corrected chi connectivity index (χ3v) is 2.36. The maximum atomic E-state index is 10.9. The van der Waals surface area contributed by atoms with E-state index in [2.05, 4.69) is 27.8 Å². The summed E-state index contributed by atoms with van der Waals surface area (Å²) in [4.78, 5) is 15.0. The summed E-state index contributed by atoms with van der Waals surface area (Å²) in [5.41, 5.74) is 1.38. The minimum Gasteiger partial charge on any atom is -0.280 e. The minimum absolute atomic E-state index is 0.315. The summed E-state index contributed by atoms with van der Waals surface area (Å²) in [6.07, 6.45) is 1.61. The average Bonchev–Trinajstić information content (AvgIpc) is 2.67. The van der Waals surface area contributed by atoms with Gasteiger partial charge in [0.05, 0.1) is 5.02 Å². The molecule has 2 aromatic heterocycles. The lowest BCUT2D eigenvalue weighted by Crippen LogP contribution is -1.86. The van der Waals surface area contributed by atoms with E-state index in [-0.39, 0.29) is 5.12 Å². The Kier molecular flexibility index (Phi) is 2.75. The van der Waals surface area contributed by atoms with Crippen molar-refractivity contribution in [2.45, 2.75) is 0 Å². The third kappa shape index (κ3) is 2.03. The van der Waals surface area contributed by atoms with E-state index in [1.54, 1.807) is 24.4 Å². The fourth-order valence-corrected chi connectivity index (χ4v) is 1.46. The molecule has 0 aliphatic carbocycles. The Hall–Kier alpha value is -1.33. The highest BCUT2D eigenvalue weighted by molar-refractivity contribution is 7.97. The number of H-pyrrole nitrogens is 1. The topological polar surface area (TPSA) is 58.6 Å². The molecule has 2 heterocycles. The zero-order valence-electron chi connectivity index (χ0n) is 7.44. The number of halogens is 1. The van der Waals surface area contributed by atoms with Crippen molar-refractivity contribution in [2.24, 2.45) is 0 Å². The standard InChI is InChI=1S/C9H6ClN3OS/c10-5-2-1-3-11-8(5)6-4-7(9(14)15)13-12-6/h1-4H,(H,12,13)(H,14,15). The molecular formula is C9H6ClN3OS. The Morgan fingerprint density at radius 3 is 2.93 bits per heavy atom. The molecule has 0 fully saturated rings. The molecule has 4 nitrogen and oxygen atoms in total. The van der Waals surface area contributed by atoms with E-state index >= 15 is 0 Å². The van der Waals surface area contributed by atoms with Crippen molar-refractivity contribution in [1.82, 2.24) is 15.2 Å². The molecule has 0 aliphatic rings. The molecule has 2 aromatic rings. The summed E-state index contributed by atoms with van der Waals surface area (Å²) in [6, 6.07) is 4.99. The zero-order valence-corrected chi connectivity index (χ0v) is 9.09. The molecule has 76 valence electrons. The second-order valence-electron chi connectivity index (χ2n) is 2.81. The summed E-state index contributed by atoms with van der Waals surface area (Å²) in [6.45, 7) is 0. The van der Waals surface area contributed by atoms with Gasteiger partial charge < -0.3 is 0 Å². The van der Waals surface area contributed by atoms with Crippen LogP contribution in [0.3, 0.4) is 0 Å². The van der Waals surface area contributed by atoms with Gasteiger partial charge in [-0.15, -0.1) is 0 Å². The van der Waals surface area contributed by atoms with Gasteiger partial charge in [0.25, 0.3) is 0 Å². The molecule has 1 N–H and O–H groups in total. The molecule has 6 heteroatoms. The fraction of sp³-hybridized carbons (Fsp3) is 0. The van der Waals surface area contributed by atoms with Gasteiger partial charge in [0.2, 0.25) is 5.12 Å². The molecule has 0 radical (unpaired) electrons. The van der Waals surface area contributed by atoms with E-state index in [1.807, 2.05) is 0 Å². The van der Waals surface area contributed by atoms with E-state index in [0.717, 1.165) is 0 Å². The highest BCUT2D eigenvalue weighted by atomic mass is 35.5. The maximum Gasteiger partial charge on any atom is 0.234 e. The van der Waals surface area contributed by atoms with Gasteiger partial charge >= 0.3 is 0 Å². The molecule has 0 aliphatic heterocycles. The number of hydrogen-bond acceptors (Lipinski definition) is 3. The number of carbonyl (C=O) groups is 1. The zero-order chi connectivity index (χ0) is 10.8. The number of carbonyl (C=O) groups excluding carboxylic acids is 1. The first-order valence-electron chi connectivity index (χ1n) is 4.08. The molecule has 0 atom stereocenters. The molecule has 0 amide bonds. The van der Waals surface area contributed by atoms with Crippen LogP contribution in [0.25, 0.3) is 11.4 Å². The fourth-order valence-electron chi connectivity index (χ4n) is 1.13. The van der Waals surface area contributed by atoms with Gasteiger partial charge in [-0.3, -0.25) is 14.9 Å². The molecule has 0 aromatic carbocycles. The third-order valence-electron chi connectivity index (χ3n) is 1.81. The van der Waals surface area contributed by atoms with Crippen LogP contribution in [0.5, 0.6) is 0 Å².